The molecule has 0 unspecified atom stereocenters. The molecule has 0 heterocycles. The molecule has 0 amide bonds. The largest absolute Gasteiger partial charge is 0.493 e. The monoisotopic (exact) mass is 448 g/mol. The van der Waals surface area contributed by atoms with Gasteiger partial charge in [0.2, 0.25) is 0 Å². The molecule has 0 atom stereocenters. The van der Waals surface area contributed by atoms with Crippen molar-refractivity contribution in [2.75, 3.05) is 18.5 Å². The Kier molecular flexibility index (Phi) is 11.4. The average molecular weight is 449 g/mol. The molecule has 28 heavy (non-hydrogen) atoms. The predicted octanol–water partition coefficient (Wildman–Crippen LogP) is 8.22. The Morgan fingerprint density at radius 1 is 0.750 bits per heavy atom. The van der Waals surface area contributed by atoms with Crippen molar-refractivity contribution in [2.24, 2.45) is 0 Å². The van der Waals surface area contributed by atoms with Crippen molar-refractivity contribution in [3.8, 4) is 11.5 Å². The summed E-state index contributed by atoms with van der Waals surface area (Å²) in [6.45, 7) is 5.95. The number of halogens is 1. The van der Waals surface area contributed by atoms with Crippen LogP contribution in [0.1, 0.15) is 76.7 Å². The van der Waals surface area contributed by atoms with Crippen LogP contribution in [0.3, 0.4) is 0 Å². The Bertz CT molecular complexity index is 684. The third kappa shape index (κ3) is 7.66. The highest BCUT2D eigenvalue weighted by molar-refractivity contribution is 9.09. The van der Waals surface area contributed by atoms with E-state index in [0.29, 0.717) is 0 Å². The van der Waals surface area contributed by atoms with E-state index < -0.39 is 0 Å². The zero-order chi connectivity index (χ0) is 20.0. The molecule has 2 aromatic carbocycles. The predicted molar refractivity (Wildman–Crippen MR) is 125 cm³/mol. The molecule has 2 nitrogen and oxygen atoms in total. The van der Waals surface area contributed by atoms with E-state index in [1.165, 1.54) is 62.3 Å². The van der Waals surface area contributed by atoms with E-state index in [9.17, 15) is 0 Å². The fraction of sp³-hybridized carbons (Fsp3) is 0.600. The number of benzene rings is 2. The molecule has 0 aliphatic heterocycles. The maximum Gasteiger partial charge on any atom is 0.130 e. The summed E-state index contributed by atoms with van der Waals surface area (Å²) in [5.41, 5.74) is 1.17. The first kappa shape index (κ1) is 23.1. The fourth-order valence-corrected chi connectivity index (χ4v) is 3.94. The van der Waals surface area contributed by atoms with Crippen LogP contribution >= 0.6 is 15.9 Å². The molecule has 0 saturated heterocycles. The smallest absolute Gasteiger partial charge is 0.130 e. The van der Waals surface area contributed by atoms with Gasteiger partial charge in [-0.25, -0.2) is 0 Å². The molecular formula is C25H37BrO2. The van der Waals surface area contributed by atoms with Gasteiger partial charge in [-0.1, -0.05) is 92.1 Å². The van der Waals surface area contributed by atoms with E-state index in [1.807, 2.05) is 0 Å². The first-order valence-corrected chi connectivity index (χ1v) is 12.2. The zero-order valence-corrected chi connectivity index (χ0v) is 19.4. The van der Waals surface area contributed by atoms with Gasteiger partial charge in [-0.2, -0.15) is 0 Å². The number of hydrogen-bond donors (Lipinski definition) is 0. The number of ether oxygens (including phenoxy) is 2. The molecule has 2 aromatic rings. The van der Waals surface area contributed by atoms with E-state index in [4.69, 9.17) is 9.47 Å². The van der Waals surface area contributed by atoms with Gasteiger partial charge < -0.3 is 9.47 Å². The van der Waals surface area contributed by atoms with Gasteiger partial charge in [0.05, 0.1) is 13.2 Å². The molecule has 3 heteroatoms. The molecule has 0 bridgehead atoms. The molecular weight excluding hydrogens is 412 g/mol. The van der Waals surface area contributed by atoms with Gasteiger partial charge in [0, 0.05) is 16.1 Å². The third-order valence-corrected chi connectivity index (χ3v) is 5.73. The Balaban J connectivity index is 1.91. The van der Waals surface area contributed by atoms with E-state index in [2.05, 4.69) is 60.1 Å². The Morgan fingerprint density at radius 3 is 2.07 bits per heavy atom. The standard InChI is InChI=1S/C25H37BrO2/c1-3-4-5-13-19-28-25-21(2)20-24(22-15-10-11-16-23(22)25)27-18-14-9-7-6-8-12-17-26/h10-11,15-16,20H,3-9,12-14,17-19H2,1-2H3. The number of aryl methyl sites for hydroxylation is 1. The molecule has 0 radical (unpaired) electrons. The maximum atomic E-state index is 6.18. The summed E-state index contributed by atoms with van der Waals surface area (Å²) in [4.78, 5) is 0. The second kappa shape index (κ2) is 13.9. The topological polar surface area (TPSA) is 18.5 Å². The molecule has 0 spiro atoms. The SMILES string of the molecule is CCCCCCOc1c(C)cc(OCCCCCCCCBr)c2ccccc12. The number of alkyl halides is 1. The highest BCUT2D eigenvalue weighted by Crippen LogP contribution is 2.36. The van der Waals surface area contributed by atoms with Crippen molar-refractivity contribution < 1.29 is 9.47 Å². The summed E-state index contributed by atoms with van der Waals surface area (Å²) < 4.78 is 12.4. The molecule has 0 aliphatic carbocycles. The summed E-state index contributed by atoms with van der Waals surface area (Å²) in [6.07, 6.45) is 12.5. The number of fused-ring (bicyclic) bond motifs is 1. The van der Waals surface area contributed by atoms with Crippen LogP contribution in [0, 0.1) is 6.92 Å². The summed E-state index contributed by atoms with van der Waals surface area (Å²) in [5.74, 6) is 2.01. The molecule has 0 aliphatic rings. The Morgan fingerprint density at radius 2 is 1.36 bits per heavy atom. The average Bonchev–Trinajstić information content (AvgIpc) is 2.71. The lowest BCUT2D eigenvalue weighted by Gasteiger charge is -2.16. The normalized spacial score (nSPS) is 11.1. The zero-order valence-electron chi connectivity index (χ0n) is 17.8. The number of hydrogen-bond acceptors (Lipinski definition) is 2. The van der Waals surface area contributed by atoms with Crippen LogP contribution in [0.2, 0.25) is 0 Å². The van der Waals surface area contributed by atoms with Crippen molar-refractivity contribution in [2.45, 2.75) is 78.1 Å². The van der Waals surface area contributed by atoms with Crippen LogP contribution in [-0.2, 0) is 0 Å². The second-order valence-corrected chi connectivity index (χ2v) is 8.43. The minimum Gasteiger partial charge on any atom is -0.493 e. The first-order chi connectivity index (χ1) is 13.8. The van der Waals surface area contributed by atoms with E-state index in [-0.39, 0.29) is 0 Å². The van der Waals surface area contributed by atoms with Crippen LogP contribution in [0.4, 0.5) is 0 Å². The summed E-state index contributed by atoms with van der Waals surface area (Å²) >= 11 is 3.49. The number of rotatable bonds is 15. The van der Waals surface area contributed by atoms with Gasteiger partial charge in [-0.3, -0.25) is 0 Å². The van der Waals surface area contributed by atoms with Gasteiger partial charge in [0.25, 0.3) is 0 Å². The van der Waals surface area contributed by atoms with Gasteiger partial charge in [0.1, 0.15) is 11.5 Å². The fourth-order valence-electron chi connectivity index (χ4n) is 3.55. The van der Waals surface area contributed by atoms with Crippen molar-refractivity contribution in [3.63, 3.8) is 0 Å². The molecule has 2 rings (SSSR count). The third-order valence-electron chi connectivity index (χ3n) is 5.17. The Labute approximate surface area is 180 Å². The highest BCUT2D eigenvalue weighted by atomic mass is 79.9. The van der Waals surface area contributed by atoms with Gasteiger partial charge in [-0.15, -0.1) is 0 Å². The first-order valence-electron chi connectivity index (χ1n) is 11.1. The van der Waals surface area contributed by atoms with Crippen molar-refractivity contribution in [3.05, 3.63) is 35.9 Å². The van der Waals surface area contributed by atoms with Crippen molar-refractivity contribution >= 4 is 26.7 Å². The van der Waals surface area contributed by atoms with E-state index in [0.717, 1.165) is 48.3 Å². The lowest BCUT2D eigenvalue weighted by molar-refractivity contribution is 0.300. The van der Waals surface area contributed by atoms with Gasteiger partial charge >= 0.3 is 0 Å². The van der Waals surface area contributed by atoms with Crippen molar-refractivity contribution in [1.29, 1.82) is 0 Å². The van der Waals surface area contributed by atoms with Crippen LogP contribution in [-0.4, -0.2) is 18.5 Å². The van der Waals surface area contributed by atoms with Crippen LogP contribution in [0.5, 0.6) is 11.5 Å². The lowest BCUT2D eigenvalue weighted by Crippen LogP contribution is -2.02. The highest BCUT2D eigenvalue weighted by Gasteiger charge is 2.11. The maximum absolute atomic E-state index is 6.18. The minimum absolute atomic E-state index is 0.791. The van der Waals surface area contributed by atoms with Crippen LogP contribution < -0.4 is 9.47 Å². The summed E-state index contributed by atoms with van der Waals surface area (Å²) in [6, 6.07) is 10.6. The molecule has 156 valence electrons. The number of unbranched alkanes of at least 4 members (excludes halogenated alkanes) is 8. The molecule has 0 aromatic heterocycles. The van der Waals surface area contributed by atoms with Crippen LogP contribution in [0.25, 0.3) is 10.8 Å². The minimum atomic E-state index is 0.791. The molecule has 0 saturated carbocycles. The summed E-state index contributed by atoms with van der Waals surface area (Å²) in [5, 5.41) is 3.46. The van der Waals surface area contributed by atoms with Crippen LogP contribution in [0.15, 0.2) is 30.3 Å². The Hall–Kier alpha value is -1.22. The van der Waals surface area contributed by atoms with E-state index in [1.54, 1.807) is 0 Å². The molecule has 0 fully saturated rings. The van der Waals surface area contributed by atoms with E-state index >= 15 is 0 Å². The van der Waals surface area contributed by atoms with Gasteiger partial charge in [0.15, 0.2) is 0 Å². The summed E-state index contributed by atoms with van der Waals surface area (Å²) in [7, 11) is 0. The molecule has 0 N–H and O–H groups in total. The lowest BCUT2D eigenvalue weighted by atomic mass is 10.0. The second-order valence-electron chi connectivity index (χ2n) is 7.63. The van der Waals surface area contributed by atoms with Crippen molar-refractivity contribution in [1.82, 2.24) is 0 Å². The van der Waals surface area contributed by atoms with Gasteiger partial charge in [-0.05, 0) is 37.8 Å². The quantitative estimate of drug-likeness (QED) is 0.201.